The molecule has 1 aliphatic rings. The van der Waals surface area contributed by atoms with E-state index in [2.05, 4.69) is 0 Å². The molecule has 0 amide bonds. The third kappa shape index (κ3) is 4.61. The first-order valence-corrected chi connectivity index (χ1v) is 5.68. The lowest BCUT2D eigenvalue weighted by Crippen LogP contribution is -2.36. The summed E-state index contributed by atoms with van der Waals surface area (Å²) >= 11 is 0. The van der Waals surface area contributed by atoms with E-state index in [1.54, 1.807) is 0 Å². The van der Waals surface area contributed by atoms with Crippen molar-refractivity contribution in [3.8, 4) is 0 Å². The van der Waals surface area contributed by atoms with Crippen molar-refractivity contribution in [2.75, 3.05) is 0 Å². The number of carboxylic acid groups (broad SMARTS) is 1. The van der Waals surface area contributed by atoms with Crippen LogP contribution in [0.1, 0.15) is 51.4 Å². The Morgan fingerprint density at radius 2 is 1.75 bits per heavy atom. The highest BCUT2D eigenvalue weighted by molar-refractivity contribution is 5.71. The number of carbonyl (C=O) groups excluding carboxylic acids is 1. The van der Waals surface area contributed by atoms with Crippen LogP contribution < -0.4 is 0 Å². The Bertz CT molecular complexity index is 255. The molecule has 0 aromatic rings. The molecule has 0 unspecified atom stereocenters. The molecule has 1 saturated carbocycles. The zero-order chi connectivity index (χ0) is 12.0. The number of carbonyl (C=O) groups is 2. The molecule has 1 aliphatic carbocycles. The monoisotopic (exact) mass is 230 g/mol. The second kappa shape index (κ2) is 5.84. The maximum absolute atomic E-state index is 11.3. The predicted octanol–water partition coefficient (Wildman–Crippen LogP) is 1.44. The van der Waals surface area contributed by atoms with Crippen molar-refractivity contribution in [3.05, 3.63) is 0 Å². The van der Waals surface area contributed by atoms with E-state index in [1.165, 1.54) is 0 Å². The van der Waals surface area contributed by atoms with Crippen LogP contribution >= 0.6 is 0 Å². The van der Waals surface area contributed by atoms with Crippen LogP contribution in [0.3, 0.4) is 0 Å². The minimum absolute atomic E-state index is 0.0481. The maximum Gasteiger partial charge on any atom is 0.308 e. The third-order valence-electron chi connectivity index (χ3n) is 2.71. The fourth-order valence-electron chi connectivity index (χ4n) is 1.85. The minimum Gasteiger partial charge on any atom is -0.481 e. The summed E-state index contributed by atoms with van der Waals surface area (Å²) in [5, 5.41) is 18.3. The Morgan fingerprint density at radius 3 is 2.31 bits per heavy atom. The molecule has 5 nitrogen and oxygen atoms in total. The topological polar surface area (TPSA) is 83.8 Å². The molecule has 0 aromatic carbocycles. The highest BCUT2D eigenvalue weighted by atomic mass is 16.7. The van der Waals surface area contributed by atoms with Crippen molar-refractivity contribution in [1.29, 1.82) is 0 Å². The van der Waals surface area contributed by atoms with Crippen molar-refractivity contribution in [3.63, 3.8) is 0 Å². The van der Waals surface area contributed by atoms with Gasteiger partial charge in [0.25, 0.3) is 0 Å². The van der Waals surface area contributed by atoms with Crippen molar-refractivity contribution >= 4 is 11.9 Å². The number of aliphatic hydroxyl groups is 1. The van der Waals surface area contributed by atoms with Gasteiger partial charge in [-0.2, -0.15) is 0 Å². The summed E-state index contributed by atoms with van der Waals surface area (Å²) in [5.74, 6) is -2.74. The van der Waals surface area contributed by atoms with E-state index >= 15 is 0 Å². The molecular weight excluding hydrogens is 212 g/mol. The zero-order valence-electron chi connectivity index (χ0n) is 9.28. The number of esters is 1. The van der Waals surface area contributed by atoms with Crippen LogP contribution in [-0.4, -0.2) is 27.9 Å². The molecule has 2 N–H and O–H groups in total. The summed E-state index contributed by atoms with van der Waals surface area (Å²) < 4.78 is 4.98. The molecule has 0 aromatic heterocycles. The quantitative estimate of drug-likeness (QED) is 0.551. The van der Waals surface area contributed by atoms with E-state index in [1.807, 2.05) is 0 Å². The number of hydrogen-bond acceptors (Lipinski definition) is 4. The minimum atomic E-state index is -1.31. The lowest BCUT2D eigenvalue weighted by Gasteiger charge is -2.31. The van der Waals surface area contributed by atoms with Crippen molar-refractivity contribution in [2.24, 2.45) is 0 Å². The summed E-state index contributed by atoms with van der Waals surface area (Å²) in [6, 6.07) is 0. The van der Waals surface area contributed by atoms with Crippen molar-refractivity contribution in [2.45, 2.75) is 57.2 Å². The molecule has 5 heteroatoms. The highest BCUT2D eigenvalue weighted by Crippen LogP contribution is 2.29. The molecule has 0 radical (unpaired) electrons. The third-order valence-corrected chi connectivity index (χ3v) is 2.71. The number of hydrogen-bond donors (Lipinski definition) is 2. The molecule has 0 heterocycles. The first-order valence-electron chi connectivity index (χ1n) is 5.68. The molecule has 0 aliphatic heterocycles. The molecule has 16 heavy (non-hydrogen) atoms. The van der Waals surface area contributed by atoms with Crippen LogP contribution in [0.25, 0.3) is 0 Å². The van der Waals surface area contributed by atoms with Crippen LogP contribution in [0.15, 0.2) is 0 Å². The lowest BCUT2D eigenvalue weighted by molar-refractivity contribution is -0.220. The number of carboxylic acids is 1. The van der Waals surface area contributed by atoms with Gasteiger partial charge in [-0.25, -0.2) is 0 Å². The molecule has 92 valence electrons. The van der Waals surface area contributed by atoms with E-state index in [0.717, 1.165) is 19.3 Å². The van der Waals surface area contributed by atoms with E-state index in [-0.39, 0.29) is 19.3 Å². The van der Waals surface area contributed by atoms with Gasteiger partial charge in [0.2, 0.25) is 5.79 Å². The van der Waals surface area contributed by atoms with Gasteiger partial charge >= 0.3 is 11.9 Å². The summed E-state index contributed by atoms with van der Waals surface area (Å²) in [4.78, 5) is 21.6. The van der Waals surface area contributed by atoms with Crippen LogP contribution in [-0.2, 0) is 14.3 Å². The standard InChI is InChI=1S/C11H18O5/c12-9(13)5-4-6-10(14)16-11(15)7-2-1-3-8-11/h15H,1-8H2,(H,12,13). The van der Waals surface area contributed by atoms with Gasteiger partial charge in [-0.05, 0) is 19.3 Å². The average Bonchev–Trinajstić information content (AvgIpc) is 2.17. The van der Waals surface area contributed by atoms with Crippen LogP contribution in [0.5, 0.6) is 0 Å². The largest absolute Gasteiger partial charge is 0.481 e. The van der Waals surface area contributed by atoms with Gasteiger partial charge in [-0.1, -0.05) is 6.42 Å². The van der Waals surface area contributed by atoms with E-state index in [0.29, 0.717) is 12.8 Å². The molecule has 0 saturated heterocycles. The first-order chi connectivity index (χ1) is 7.52. The first kappa shape index (κ1) is 13.0. The van der Waals surface area contributed by atoms with E-state index in [4.69, 9.17) is 9.84 Å². The lowest BCUT2D eigenvalue weighted by atomic mass is 9.94. The molecular formula is C11H18O5. The summed E-state index contributed by atoms with van der Waals surface area (Å²) in [7, 11) is 0. The molecule has 1 rings (SSSR count). The number of rotatable bonds is 5. The van der Waals surface area contributed by atoms with Gasteiger partial charge in [0.15, 0.2) is 0 Å². The van der Waals surface area contributed by atoms with Gasteiger partial charge < -0.3 is 14.9 Å². The van der Waals surface area contributed by atoms with E-state index in [9.17, 15) is 14.7 Å². The number of ether oxygens (including phenoxy) is 1. The molecule has 0 spiro atoms. The smallest absolute Gasteiger partial charge is 0.308 e. The second-order valence-electron chi connectivity index (χ2n) is 4.23. The molecule has 0 bridgehead atoms. The van der Waals surface area contributed by atoms with Gasteiger partial charge in [-0.15, -0.1) is 0 Å². The average molecular weight is 230 g/mol. The summed E-state index contributed by atoms with van der Waals surface area (Å²) in [6.07, 6.45) is 4.00. The Kier molecular flexibility index (Phi) is 4.73. The van der Waals surface area contributed by atoms with Crippen molar-refractivity contribution < 1.29 is 24.5 Å². The Morgan fingerprint density at radius 1 is 1.12 bits per heavy atom. The fourth-order valence-corrected chi connectivity index (χ4v) is 1.85. The molecule has 1 fully saturated rings. The van der Waals surface area contributed by atoms with Crippen LogP contribution in [0, 0.1) is 0 Å². The normalized spacial score (nSPS) is 19.1. The van der Waals surface area contributed by atoms with Gasteiger partial charge in [0, 0.05) is 25.7 Å². The van der Waals surface area contributed by atoms with Gasteiger partial charge in [-0.3, -0.25) is 9.59 Å². The predicted molar refractivity (Wildman–Crippen MR) is 55.6 cm³/mol. The maximum atomic E-state index is 11.3. The summed E-state index contributed by atoms with van der Waals surface area (Å²) in [5.41, 5.74) is 0. The van der Waals surface area contributed by atoms with Crippen molar-refractivity contribution in [1.82, 2.24) is 0 Å². The second-order valence-corrected chi connectivity index (χ2v) is 4.23. The molecule has 0 atom stereocenters. The number of aliphatic carboxylic acids is 1. The highest BCUT2D eigenvalue weighted by Gasteiger charge is 2.32. The van der Waals surface area contributed by atoms with E-state index < -0.39 is 17.7 Å². The Balaban J connectivity index is 2.24. The van der Waals surface area contributed by atoms with Crippen LogP contribution in [0.4, 0.5) is 0 Å². The summed E-state index contributed by atoms with van der Waals surface area (Å²) in [6.45, 7) is 0. The Hall–Kier alpha value is -1.10. The zero-order valence-corrected chi connectivity index (χ0v) is 9.28. The fraction of sp³-hybridized carbons (Fsp3) is 0.818. The Labute approximate surface area is 94.4 Å². The van der Waals surface area contributed by atoms with Crippen LogP contribution in [0.2, 0.25) is 0 Å². The van der Waals surface area contributed by atoms with Gasteiger partial charge in [0.05, 0.1) is 0 Å². The SMILES string of the molecule is O=C(O)CCCC(=O)OC1(O)CCCCC1. The van der Waals surface area contributed by atoms with Gasteiger partial charge in [0.1, 0.15) is 0 Å².